The molecule has 2 aromatic carbocycles. The molecule has 2 atom stereocenters. The number of anilines is 2. The van der Waals surface area contributed by atoms with Crippen molar-refractivity contribution in [3.63, 3.8) is 0 Å². The first-order valence-corrected chi connectivity index (χ1v) is 11.9. The van der Waals surface area contributed by atoms with Gasteiger partial charge in [-0.1, -0.05) is 29.4 Å². The van der Waals surface area contributed by atoms with E-state index in [0.717, 1.165) is 28.8 Å². The number of carbonyl (C=O) groups excluding carboxylic acids is 2. The topological polar surface area (TPSA) is 104 Å². The van der Waals surface area contributed by atoms with Gasteiger partial charge in [-0.05, 0) is 24.3 Å². The van der Waals surface area contributed by atoms with Gasteiger partial charge in [-0.25, -0.2) is 10.4 Å². The van der Waals surface area contributed by atoms with Crippen LogP contribution in [0.5, 0.6) is 11.5 Å². The van der Waals surface area contributed by atoms with E-state index < -0.39 is 35.6 Å². The van der Waals surface area contributed by atoms with Crippen LogP contribution in [0.25, 0.3) is 0 Å². The first kappa shape index (κ1) is 26.1. The lowest BCUT2D eigenvalue weighted by Crippen LogP contribution is -2.49. The lowest BCUT2D eigenvalue weighted by atomic mass is 10.0. The van der Waals surface area contributed by atoms with Crippen LogP contribution in [0.15, 0.2) is 41.4 Å². The number of hydrazine groups is 1. The molecule has 2 aliphatic rings. The van der Waals surface area contributed by atoms with E-state index in [-0.39, 0.29) is 28.2 Å². The van der Waals surface area contributed by atoms with Crippen LogP contribution in [0.4, 0.5) is 24.5 Å². The van der Waals surface area contributed by atoms with Gasteiger partial charge >= 0.3 is 6.18 Å². The van der Waals surface area contributed by atoms with Crippen LogP contribution >= 0.6 is 23.4 Å². The smallest absolute Gasteiger partial charge is 0.416 e. The summed E-state index contributed by atoms with van der Waals surface area (Å²) in [5.74, 6) is -1.03. The highest BCUT2D eigenvalue weighted by Crippen LogP contribution is 2.37. The number of fused-ring (bicyclic) bond motifs is 1. The number of rotatable bonds is 6. The summed E-state index contributed by atoms with van der Waals surface area (Å²) in [6.07, 6.45) is -5.19. The van der Waals surface area contributed by atoms with Gasteiger partial charge in [-0.15, -0.1) is 0 Å². The van der Waals surface area contributed by atoms with Crippen LogP contribution < -0.4 is 30.5 Å². The number of thioether (sulfide) groups is 1. The van der Waals surface area contributed by atoms with E-state index in [4.69, 9.17) is 21.1 Å². The van der Waals surface area contributed by atoms with Crippen LogP contribution in [-0.4, -0.2) is 49.7 Å². The molecular formula is C22H21ClF3N5O4S. The molecular weight excluding hydrogens is 523 g/mol. The standard InChI is InChI=1S/C22H21ClF3N5O4S/c1-34-16-8-17(35-2)15(7-14(16)23)28-18(32)10-36-21-29-19-13(9-27-30-19)20(33)31(21)12-5-3-4-11(6-12)22(24,25)26/h3-8,13,19,27,30H,9-10H2,1-2H3,(H,28,32). The molecule has 14 heteroatoms. The monoisotopic (exact) mass is 543 g/mol. The SMILES string of the molecule is COc1cc(OC)c(NC(=O)CSC2=NC3NNCC3C(=O)N2c2cccc(C(F)(F)F)c2)cc1Cl. The number of nitrogens with one attached hydrogen (secondary N) is 3. The number of nitrogens with zero attached hydrogens (tertiary/aromatic N) is 2. The molecule has 4 rings (SSSR count). The second kappa shape index (κ2) is 10.5. The summed E-state index contributed by atoms with van der Waals surface area (Å²) in [4.78, 5) is 31.6. The van der Waals surface area contributed by atoms with Crippen molar-refractivity contribution in [2.24, 2.45) is 10.9 Å². The van der Waals surface area contributed by atoms with Crippen molar-refractivity contribution in [1.82, 2.24) is 10.9 Å². The van der Waals surface area contributed by atoms with E-state index in [1.807, 2.05) is 0 Å². The second-order valence-corrected chi connectivity index (χ2v) is 9.08. The highest BCUT2D eigenvalue weighted by molar-refractivity contribution is 8.14. The number of carbonyl (C=O) groups is 2. The zero-order chi connectivity index (χ0) is 26.0. The Morgan fingerprint density at radius 1 is 1.25 bits per heavy atom. The Kier molecular flexibility index (Phi) is 7.64. The quantitative estimate of drug-likeness (QED) is 0.512. The van der Waals surface area contributed by atoms with Crippen molar-refractivity contribution in [3.8, 4) is 11.5 Å². The molecule has 2 amide bonds. The van der Waals surface area contributed by atoms with Gasteiger partial charge in [-0.2, -0.15) is 13.2 Å². The van der Waals surface area contributed by atoms with Crippen LogP contribution in [0.1, 0.15) is 5.56 Å². The molecule has 0 aliphatic carbocycles. The number of alkyl halides is 3. The first-order chi connectivity index (χ1) is 17.1. The summed E-state index contributed by atoms with van der Waals surface area (Å²) < 4.78 is 50.3. The highest BCUT2D eigenvalue weighted by atomic mass is 35.5. The minimum Gasteiger partial charge on any atom is -0.495 e. The van der Waals surface area contributed by atoms with Crippen molar-refractivity contribution in [2.45, 2.75) is 12.3 Å². The Balaban J connectivity index is 1.56. The summed E-state index contributed by atoms with van der Waals surface area (Å²) in [6, 6.07) is 7.40. The van der Waals surface area contributed by atoms with Crippen LogP contribution in [0.3, 0.4) is 0 Å². The van der Waals surface area contributed by atoms with Crippen molar-refractivity contribution in [2.75, 3.05) is 36.7 Å². The molecule has 0 aromatic heterocycles. The van der Waals surface area contributed by atoms with E-state index in [0.29, 0.717) is 17.2 Å². The van der Waals surface area contributed by atoms with Gasteiger partial charge in [0, 0.05) is 12.6 Å². The summed E-state index contributed by atoms with van der Waals surface area (Å²) in [5, 5.41) is 3.02. The van der Waals surface area contributed by atoms with E-state index in [9.17, 15) is 22.8 Å². The molecule has 0 spiro atoms. The zero-order valence-corrected chi connectivity index (χ0v) is 20.6. The molecule has 2 unspecified atom stereocenters. The molecule has 3 N–H and O–H groups in total. The Bertz CT molecular complexity index is 1210. The molecule has 36 heavy (non-hydrogen) atoms. The fourth-order valence-electron chi connectivity index (χ4n) is 3.70. The van der Waals surface area contributed by atoms with Gasteiger partial charge in [0.05, 0.1) is 47.9 Å². The van der Waals surface area contributed by atoms with Gasteiger partial charge < -0.3 is 14.8 Å². The van der Waals surface area contributed by atoms with Crippen molar-refractivity contribution >= 4 is 51.7 Å². The lowest BCUT2D eigenvalue weighted by Gasteiger charge is -2.32. The Morgan fingerprint density at radius 3 is 2.69 bits per heavy atom. The van der Waals surface area contributed by atoms with Gasteiger partial charge in [0.1, 0.15) is 17.7 Å². The van der Waals surface area contributed by atoms with Crippen LogP contribution in [-0.2, 0) is 15.8 Å². The van der Waals surface area contributed by atoms with Crippen LogP contribution in [0, 0.1) is 5.92 Å². The zero-order valence-electron chi connectivity index (χ0n) is 19.0. The van der Waals surface area contributed by atoms with Gasteiger partial charge in [0.15, 0.2) is 5.17 Å². The average Bonchev–Trinajstić information content (AvgIpc) is 3.31. The number of halogens is 4. The fraction of sp³-hybridized carbons (Fsp3) is 0.318. The summed E-state index contributed by atoms with van der Waals surface area (Å²) in [5.41, 5.74) is 5.11. The van der Waals surface area contributed by atoms with Crippen molar-refractivity contribution in [1.29, 1.82) is 0 Å². The van der Waals surface area contributed by atoms with Crippen molar-refractivity contribution < 1.29 is 32.2 Å². The van der Waals surface area contributed by atoms with E-state index in [1.54, 1.807) is 0 Å². The Morgan fingerprint density at radius 2 is 2.00 bits per heavy atom. The molecule has 9 nitrogen and oxygen atoms in total. The molecule has 0 saturated carbocycles. The molecule has 1 fully saturated rings. The number of methoxy groups -OCH3 is 2. The number of hydrogen-bond acceptors (Lipinski definition) is 8. The normalized spacial score (nSPS) is 19.6. The minimum atomic E-state index is -4.59. The largest absolute Gasteiger partial charge is 0.495 e. The van der Waals surface area contributed by atoms with E-state index in [2.05, 4.69) is 21.2 Å². The third-order valence-corrected chi connectivity index (χ3v) is 6.69. The molecule has 1 saturated heterocycles. The highest BCUT2D eigenvalue weighted by Gasteiger charge is 2.43. The Labute approximate surface area is 213 Å². The number of aliphatic imine (C=N–C) groups is 1. The molecule has 0 radical (unpaired) electrons. The van der Waals surface area contributed by atoms with E-state index in [1.165, 1.54) is 38.5 Å². The molecule has 0 bridgehead atoms. The number of benzene rings is 2. The molecule has 2 aromatic rings. The first-order valence-electron chi connectivity index (χ1n) is 10.5. The third kappa shape index (κ3) is 5.38. The van der Waals surface area contributed by atoms with Crippen molar-refractivity contribution in [3.05, 3.63) is 47.0 Å². The predicted octanol–water partition coefficient (Wildman–Crippen LogP) is 3.50. The molecule has 2 heterocycles. The fourth-order valence-corrected chi connectivity index (χ4v) is 4.79. The van der Waals surface area contributed by atoms with Gasteiger partial charge in [-0.3, -0.25) is 19.9 Å². The van der Waals surface area contributed by atoms with Crippen LogP contribution in [0.2, 0.25) is 5.02 Å². The average molecular weight is 544 g/mol. The Hall–Kier alpha value is -3.00. The number of ether oxygens (including phenoxy) is 2. The van der Waals surface area contributed by atoms with Gasteiger partial charge in [0.2, 0.25) is 11.8 Å². The second-order valence-electron chi connectivity index (χ2n) is 7.73. The number of amides is 2. The molecule has 192 valence electrons. The number of hydrogen-bond donors (Lipinski definition) is 3. The summed E-state index contributed by atoms with van der Waals surface area (Å²) in [7, 11) is 2.86. The van der Waals surface area contributed by atoms with Gasteiger partial charge in [0.25, 0.3) is 0 Å². The number of amidine groups is 1. The summed E-state index contributed by atoms with van der Waals surface area (Å²) in [6.45, 7) is 0.263. The summed E-state index contributed by atoms with van der Waals surface area (Å²) >= 11 is 7.06. The minimum absolute atomic E-state index is 0.00967. The predicted molar refractivity (Wildman–Crippen MR) is 130 cm³/mol. The maximum absolute atomic E-state index is 13.3. The molecule has 2 aliphatic heterocycles. The third-order valence-electron chi connectivity index (χ3n) is 5.44. The maximum atomic E-state index is 13.3. The lowest BCUT2D eigenvalue weighted by molar-refractivity contribution is -0.137. The maximum Gasteiger partial charge on any atom is 0.416 e. The van der Waals surface area contributed by atoms with E-state index >= 15 is 0 Å².